The Kier molecular flexibility index (Phi) is 30.3. The number of rotatable bonds is 25. The first-order valence-corrected chi connectivity index (χ1v) is 23.3. The summed E-state index contributed by atoms with van der Waals surface area (Å²) >= 11 is 0. The van der Waals surface area contributed by atoms with Gasteiger partial charge in [0.15, 0.2) is 0 Å². The van der Waals surface area contributed by atoms with E-state index in [1.165, 1.54) is 5.70 Å². The van der Waals surface area contributed by atoms with E-state index in [2.05, 4.69) is 18.5 Å². The molecule has 0 aliphatic rings. The first-order chi connectivity index (χ1) is 23.9. The van der Waals surface area contributed by atoms with Crippen LogP contribution in [0, 0.1) is 0 Å². The van der Waals surface area contributed by atoms with Crippen LogP contribution in [0.3, 0.4) is 0 Å². The van der Waals surface area contributed by atoms with Crippen molar-refractivity contribution in [3.8, 4) is 0 Å². The number of hydrogen-bond donors (Lipinski definition) is 2. The number of carbonyl (C=O) groups excluding carboxylic acids is 1. The highest BCUT2D eigenvalue weighted by Crippen LogP contribution is 2.23. The van der Waals surface area contributed by atoms with Crippen LogP contribution >= 0.6 is 0 Å². The molecule has 0 rings (SSSR count). The summed E-state index contributed by atoms with van der Waals surface area (Å²) in [6.45, 7) is 33.8. The summed E-state index contributed by atoms with van der Waals surface area (Å²) < 4.78 is 52.9. The minimum atomic E-state index is -3.50. The fourth-order valence-corrected chi connectivity index (χ4v) is 7.44. The Labute approximate surface area is 317 Å². The summed E-state index contributed by atoms with van der Waals surface area (Å²) in [4.78, 5) is 26.8. The van der Waals surface area contributed by atoms with Crippen LogP contribution in [0.15, 0.2) is 24.9 Å². The highest BCUT2D eigenvalue weighted by atomic mass is 28.4. The SMILES string of the molecule is C=CC(=O)OCC(O)CNCCC[Si](OCC)(OCC)OCC.C=C[Si](OOC(C)(C)C)(OOC(C)(C)C)OOC(C)(C)C.CO[Si](C)(OC)OC. The zero-order valence-electron chi connectivity index (χ0n) is 35.0. The van der Waals surface area contributed by atoms with Crippen LogP contribution in [-0.2, 0) is 64.5 Å². The van der Waals surface area contributed by atoms with Crippen molar-refractivity contribution in [1.82, 2.24) is 5.32 Å². The Bertz CT molecular complexity index is 853. The monoisotopic (exact) mass is 807 g/mol. The van der Waals surface area contributed by atoms with Gasteiger partial charge < -0.3 is 41.7 Å². The molecular formula is C33H73NO15Si3. The average molecular weight is 808 g/mol. The van der Waals surface area contributed by atoms with Crippen LogP contribution in [-0.4, -0.2) is 121 Å². The molecule has 0 saturated heterocycles. The molecule has 0 amide bonds. The quantitative estimate of drug-likeness (QED) is 0.0296. The summed E-state index contributed by atoms with van der Waals surface area (Å²) in [5.74, 6) is -0.537. The third-order valence-electron chi connectivity index (χ3n) is 5.48. The second-order valence-electron chi connectivity index (χ2n) is 13.9. The lowest BCUT2D eigenvalue weighted by Crippen LogP contribution is -2.48. The molecule has 1 unspecified atom stereocenters. The second kappa shape index (κ2) is 28.4. The van der Waals surface area contributed by atoms with E-state index in [-0.39, 0.29) is 6.61 Å². The molecule has 0 heterocycles. The van der Waals surface area contributed by atoms with E-state index < -0.39 is 55.3 Å². The lowest BCUT2D eigenvalue weighted by molar-refractivity contribution is -0.406. The van der Waals surface area contributed by atoms with Gasteiger partial charge in [0, 0.05) is 66.4 Å². The van der Waals surface area contributed by atoms with Gasteiger partial charge in [0.2, 0.25) is 0 Å². The van der Waals surface area contributed by atoms with E-state index in [1.54, 1.807) is 21.3 Å². The number of nitrogens with one attached hydrogen (secondary N) is 1. The maximum Gasteiger partial charge on any atom is 0.612 e. The molecule has 16 nitrogen and oxygen atoms in total. The number of aliphatic hydroxyl groups is 1. The maximum atomic E-state index is 10.9. The zero-order chi connectivity index (χ0) is 41.1. The molecule has 0 fully saturated rings. The number of ether oxygens (including phenoxy) is 1. The van der Waals surface area contributed by atoms with Crippen molar-refractivity contribution in [3.63, 3.8) is 0 Å². The molecule has 0 aromatic rings. The number of aliphatic hydroxyl groups excluding tert-OH is 1. The molecule has 0 radical (unpaired) electrons. The van der Waals surface area contributed by atoms with E-state index in [1.807, 2.05) is 89.6 Å². The molecule has 0 saturated carbocycles. The van der Waals surface area contributed by atoms with Crippen molar-refractivity contribution in [2.24, 2.45) is 0 Å². The molecule has 0 aromatic heterocycles. The van der Waals surface area contributed by atoms with Gasteiger partial charge in [-0.1, -0.05) is 13.2 Å². The average Bonchev–Trinajstić information content (AvgIpc) is 3.06. The fourth-order valence-electron chi connectivity index (χ4n) is 2.94. The lowest BCUT2D eigenvalue weighted by Gasteiger charge is -2.31. The maximum absolute atomic E-state index is 10.9. The highest BCUT2D eigenvalue weighted by Gasteiger charge is 2.47. The topological polar surface area (TPSA) is 169 Å². The van der Waals surface area contributed by atoms with Gasteiger partial charge in [0.05, 0.1) is 16.8 Å². The highest BCUT2D eigenvalue weighted by molar-refractivity contribution is 6.65. The van der Waals surface area contributed by atoms with Crippen molar-refractivity contribution in [2.45, 2.75) is 125 Å². The van der Waals surface area contributed by atoms with Crippen LogP contribution in [0.25, 0.3) is 0 Å². The van der Waals surface area contributed by atoms with E-state index in [4.69, 9.17) is 59.7 Å². The van der Waals surface area contributed by atoms with Crippen LogP contribution < -0.4 is 5.32 Å². The van der Waals surface area contributed by atoms with E-state index in [9.17, 15) is 9.90 Å². The minimum Gasteiger partial charge on any atom is -0.460 e. The van der Waals surface area contributed by atoms with Gasteiger partial charge >= 0.3 is 32.4 Å². The standard InChI is InChI=1S/C15H31NO6Si.C14H30O6Si.C4H12O3Si/c1-5-15(18)19-13-14(17)12-16-10-9-11-23(20-6-2,21-7-3)22-8-4;1-11-21(18-15-12(2,3)4,19-16-13(5,6)7)20-17-14(8,9)10;1-5-8(4,6-2)7-3/h5,14,16-17H,1,6-13H2,2-4H3;11H,1H2,2-10H3;1-4H3. The second-order valence-corrected chi connectivity index (χ2v) is 21.7. The van der Waals surface area contributed by atoms with Crippen molar-refractivity contribution in [1.29, 1.82) is 0 Å². The summed E-state index contributed by atoms with van der Waals surface area (Å²) in [6, 6.07) is 0.719. The van der Waals surface area contributed by atoms with Gasteiger partial charge in [0.1, 0.15) is 12.7 Å². The molecule has 0 aromatic carbocycles. The Morgan fingerprint density at radius 1 is 0.750 bits per heavy atom. The predicted octanol–water partition coefficient (Wildman–Crippen LogP) is 5.49. The van der Waals surface area contributed by atoms with Crippen molar-refractivity contribution >= 4 is 32.4 Å². The van der Waals surface area contributed by atoms with Gasteiger partial charge in [-0.25, -0.2) is 33.2 Å². The summed E-state index contributed by atoms with van der Waals surface area (Å²) in [7, 11) is -3.52. The third-order valence-corrected chi connectivity index (χ3v) is 12.3. The fraction of sp³-hybridized carbons (Fsp3) is 0.848. The van der Waals surface area contributed by atoms with Gasteiger partial charge in [-0.05, 0) is 102 Å². The predicted molar refractivity (Wildman–Crippen MR) is 204 cm³/mol. The Morgan fingerprint density at radius 3 is 1.40 bits per heavy atom. The molecular weight excluding hydrogens is 735 g/mol. The lowest BCUT2D eigenvalue weighted by atomic mass is 10.2. The van der Waals surface area contributed by atoms with E-state index in [0.29, 0.717) is 32.9 Å². The Hall–Kier alpha value is -0.959. The van der Waals surface area contributed by atoms with E-state index >= 15 is 0 Å². The van der Waals surface area contributed by atoms with Crippen molar-refractivity contribution in [2.75, 3.05) is 60.8 Å². The molecule has 1 atom stereocenters. The number of hydrogen-bond acceptors (Lipinski definition) is 16. The molecule has 2 N–H and O–H groups in total. The molecule has 312 valence electrons. The summed E-state index contributed by atoms with van der Waals surface area (Å²) in [5, 5.41) is 12.8. The van der Waals surface area contributed by atoms with Gasteiger partial charge in [0.25, 0.3) is 0 Å². The van der Waals surface area contributed by atoms with E-state index in [0.717, 1.165) is 18.5 Å². The van der Waals surface area contributed by atoms with Crippen LogP contribution in [0.4, 0.5) is 0 Å². The van der Waals surface area contributed by atoms with Crippen LogP contribution in [0.1, 0.15) is 89.5 Å². The number of esters is 1. The first kappa shape index (κ1) is 55.4. The van der Waals surface area contributed by atoms with Gasteiger partial charge in [-0.15, -0.1) is 0 Å². The van der Waals surface area contributed by atoms with Gasteiger partial charge in [-0.2, -0.15) is 0 Å². The zero-order valence-corrected chi connectivity index (χ0v) is 38.0. The van der Waals surface area contributed by atoms with Crippen LogP contribution in [0.2, 0.25) is 12.6 Å². The summed E-state index contributed by atoms with van der Waals surface area (Å²) in [5.41, 5.74) is -0.247. The molecule has 0 spiro atoms. The minimum absolute atomic E-state index is 0.0482. The molecule has 0 aliphatic heterocycles. The first-order valence-electron chi connectivity index (χ1n) is 17.4. The smallest absolute Gasteiger partial charge is 0.460 e. The van der Waals surface area contributed by atoms with Crippen molar-refractivity contribution < 1.29 is 69.6 Å². The summed E-state index contributed by atoms with van der Waals surface area (Å²) in [6.07, 6.45) is 1.14. The Balaban J connectivity index is -0.000000766. The van der Waals surface area contributed by atoms with Crippen molar-refractivity contribution in [3.05, 3.63) is 24.9 Å². The van der Waals surface area contributed by atoms with Gasteiger partial charge in [-0.3, -0.25) is 0 Å². The normalized spacial score (nSPS) is 13.3. The molecule has 0 aliphatic carbocycles. The van der Waals surface area contributed by atoms with Crippen LogP contribution in [0.5, 0.6) is 0 Å². The number of carbonyl (C=O) groups is 1. The molecule has 0 bridgehead atoms. The largest absolute Gasteiger partial charge is 0.612 e. The molecule has 52 heavy (non-hydrogen) atoms. The third kappa shape index (κ3) is 31.4. The molecule has 19 heteroatoms. The Morgan fingerprint density at radius 2 is 1.13 bits per heavy atom.